The number of amides is 1. The maximum absolute atomic E-state index is 12.4. The molecule has 0 heterocycles. The second kappa shape index (κ2) is 8.29. The Balaban J connectivity index is 2.09. The average molecular weight is 328 g/mol. The Bertz CT molecular complexity index is 674. The van der Waals surface area contributed by atoms with Crippen molar-refractivity contribution in [1.82, 2.24) is 5.32 Å². The third-order valence-electron chi connectivity index (χ3n) is 3.26. The first-order valence-corrected chi connectivity index (χ1v) is 7.97. The van der Waals surface area contributed by atoms with Crippen LogP contribution in [0.15, 0.2) is 54.6 Å². The van der Waals surface area contributed by atoms with Gasteiger partial charge in [-0.3, -0.25) is 10.1 Å². The molecule has 0 unspecified atom stereocenters. The highest BCUT2D eigenvalue weighted by molar-refractivity contribution is 7.80. The molecule has 1 N–H and O–H groups in total. The molecule has 0 aromatic heterocycles. The van der Waals surface area contributed by atoms with Gasteiger partial charge in [-0.2, -0.15) is 0 Å². The lowest BCUT2D eigenvalue weighted by molar-refractivity contribution is 0.0976. The summed E-state index contributed by atoms with van der Waals surface area (Å²) < 4.78 is 5.42. The van der Waals surface area contributed by atoms with Crippen molar-refractivity contribution >= 4 is 28.9 Å². The van der Waals surface area contributed by atoms with Gasteiger partial charge < -0.3 is 9.64 Å². The van der Waals surface area contributed by atoms with Crippen molar-refractivity contribution in [3.63, 3.8) is 0 Å². The molecule has 1 amide bonds. The molecule has 0 saturated heterocycles. The molecule has 0 spiro atoms. The van der Waals surface area contributed by atoms with Gasteiger partial charge in [-0.25, -0.2) is 0 Å². The Labute approximate surface area is 142 Å². The molecular formula is C18H20N2O2S. The molecule has 0 aliphatic rings. The molecule has 0 radical (unpaired) electrons. The monoisotopic (exact) mass is 328 g/mol. The molecule has 2 aromatic carbocycles. The van der Waals surface area contributed by atoms with Crippen LogP contribution in [0.1, 0.15) is 24.2 Å². The predicted octanol–water partition coefficient (Wildman–Crippen LogP) is 3.63. The predicted molar refractivity (Wildman–Crippen MR) is 97.1 cm³/mol. The van der Waals surface area contributed by atoms with E-state index in [9.17, 15) is 4.79 Å². The average Bonchev–Trinajstić information content (AvgIpc) is 2.57. The molecule has 5 heteroatoms. The zero-order valence-corrected chi connectivity index (χ0v) is 14.1. The van der Waals surface area contributed by atoms with Crippen molar-refractivity contribution in [2.45, 2.75) is 13.8 Å². The van der Waals surface area contributed by atoms with Gasteiger partial charge in [-0.15, -0.1) is 0 Å². The Morgan fingerprint density at radius 2 is 1.87 bits per heavy atom. The van der Waals surface area contributed by atoms with E-state index in [4.69, 9.17) is 17.0 Å². The Morgan fingerprint density at radius 3 is 2.52 bits per heavy atom. The molecule has 4 nitrogen and oxygen atoms in total. The minimum Gasteiger partial charge on any atom is -0.494 e. The van der Waals surface area contributed by atoms with Crippen molar-refractivity contribution in [2.24, 2.45) is 0 Å². The largest absolute Gasteiger partial charge is 0.494 e. The number of hydrogen-bond donors (Lipinski definition) is 1. The summed E-state index contributed by atoms with van der Waals surface area (Å²) in [5.74, 6) is 0.424. The van der Waals surface area contributed by atoms with E-state index < -0.39 is 0 Å². The number of thiocarbonyl (C=S) groups is 1. The van der Waals surface area contributed by atoms with Crippen LogP contribution in [0.2, 0.25) is 0 Å². The molecular weight excluding hydrogens is 308 g/mol. The lowest BCUT2D eigenvalue weighted by atomic mass is 10.2. The number of anilines is 1. The van der Waals surface area contributed by atoms with Gasteiger partial charge in [-0.05, 0) is 56.4 Å². The first kappa shape index (κ1) is 17.0. The minimum absolute atomic E-state index is 0.245. The van der Waals surface area contributed by atoms with E-state index in [1.807, 2.05) is 55.1 Å². The van der Waals surface area contributed by atoms with Crippen LogP contribution in [0.25, 0.3) is 0 Å². The van der Waals surface area contributed by atoms with Gasteiger partial charge in [0, 0.05) is 17.8 Å². The fourth-order valence-electron chi connectivity index (χ4n) is 2.18. The highest BCUT2D eigenvalue weighted by Crippen LogP contribution is 2.15. The summed E-state index contributed by atoms with van der Waals surface area (Å²) in [5, 5.41) is 3.16. The molecule has 23 heavy (non-hydrogen) atoms. The topological polar surface area (TPSA) is 41.6 Å². The SMILES string of the molecule is CCOc1cccc(C(=O)NC(=S)N(CC)c2ccccc2)c1. The molecule has 0 aliphatic heterocycles. The smallest absolute Gasteiger partial charge is 0.257 e. The van der Waals surface area contributed by atoms with E-state index in [0.29, 0.717) is 29.6 Å². The Morgan fingerprint density at radius 1 is 1.13 bits per heavy atom. The number of carbonyl (C=O) groups excluding carboxylic acids is 1. The maximum atomic E-state index is 12.4. The molecule has 2 aromatic rings. The Kier molecular flexibility index (Phi) is 6.11. The van der Waals surface area contributed by atoms with Gasteiger partial charge in [0.2, 0.25) is 0 Å². The van der Waals surface area contributed by atoms with Crippen LogP contribution in [0.4, 0.5) is 5.69 Å². The maximum Gasteiger partial charge on any atom is 0.257 e. The van der Waals surface area contributed by atoms with Crippen molar-refractivity contribution in [3.8, 4) is 5.75 Å². The lowest BCUT2D eigenvalue weighted by Crippen LogP contribution is -2.42. The fraction of sp³-hybridized carbons (Fsp3) is 0.222. The summed E-state index contributed by atoms with van der Waals surface area (Å²) >= 11 is 5.38. The highest BCUT2D eigenvalue weighted by Gasteiger charge is 2.14. The van der Waals surface area contributed by atoms with E-state index in [2.05, 4.69) is 5.32 Å². The second-order valence-corrected chi connectivity index (χ2v) is 5.19. The standard InChI is InChI=1S/C18H20N2O2S/c1-3-20(15-10-6-5-7-11-15)18(23)19-17(21)14-9-8-12-16(13-14)22-4-2/h5-13H,3-4H2,1-2H3,(H,19,21,23). The fourth-order valence-corrected chi connectivity index (χ4v) is 2.51. The van der Waals surface area contributed by atoms with Crippen molar-refractivity contribution in [1.29, 1.82) is 0 Å². The molecule has 0 atom stereocenters. The van der Waals surface area contributed by atoms with E-state index in [1.54, 1.807) is 18.2 Å². The summed E-state index contributed by atoms with van der Waals surface area (Å²) in [7, 11) is 0. The minimum atomic E-state index is -0.245. The first-order valence-electron chi connectivity index (χ1n) is 7.56. The van der Waals surface area contributed by atoms with Crippen LogP contribution in [0, 0.1) is 0 Å². The summed E-state index contributed by atoms with van der Waals surface area (Å²) in [6.45, 7) is 5.12. The van der Waals surface area contributed by atoms with E-state index in [-0.39, 0.29) is 5.91 Å². The highest BCUT2D eigenvalue weighted by atomic mass is 32.1. The van der Waals surface area contributed by atoms with Crippen LogP contribution in [-0.4, -0.2) is 24.2 Å². The first-order chi connectivity index (χ1) is 11.2. The molecule has 120 valence electrons. The number of benzene rings is 2. The second-order valence-electron chi connectivity index (χ2n) is 4.80. The number of para-hydroxylation sites is 1. The molecule has 0 aliphatic carbocycles. The van der Waals surface area contributed by atoms with Gasteiger partial charge in [-0.1, -0.05) is 24.3 Å². The lowest BCUT2D eigenvalue weighted by Gasteiger charge is -2.23. The van der Waals surface area contributed by atoms with Crippen molar-refractivity contribution < 1.29 is 9.53 Å². The summed E-state index contributed by atoms with van der Waals surface area (Å²) in [5.41, 5.74) is 1.46. The summed E-state index contributed by atoms with van der Waals surface area (Å²) in [6, 6.07) is 16.8. The third-order valence-corrected chi connectivity index (χ3v) is 3.58. The third kappa shape index (κ3) is 4.53. The normalized spacial score (nSPS) is 10.0. The van der Waals surface area contributed by atoms with E-state index in [1.165, 1.54) is 0 Å². The molecule has 0 bridgehead atoms. The molecule has 0 saturated carbocycles. The van der Waals surface area contributed by atoms with Crippen molar-refractivity contribution in [3.05, 3.63) is 60.2 Å². The van der Waals surface area contributed by atoms with Crippen LogP contribution in [-0.2, 0) is 0 Å². The van der Waals surface area contributed by atoms with Gasteiger partial charge in [0.25, 0.3) is 5.91 Å². The van der Waals surface area contributed by atoms with E-state index in [0.717, 1.165) is 5.69 Å². The summed E-state index contributed by atoms with van der Waals surface area (Å²) in [4.78, 5) is 14.3. The van der Waals surface area contributed by atoms with Gasteiger partial charge in [0.1, 0.15) is 5.75 Å². The quantitative estimate of drug-likeness (QED) is 0.851. The van der Waals surface area contributed by atoms with Crippen LogP contribution >= 0.6 is 12.2 Å². The Hall–Kier alpha value is -2.40. The number of nitrogens with one attached hydrogen (secondary N) is 1. The molecule has 0 fully saturated rings. The van der Waals surface area contributed by atoms with Gasteiger partial charge in [0.15, 0.2) is 5.11 Å². The van der Waals surface area contributed by atoms with Crippen LogP contribution in [0.3, 0.4) is 0 Å². The zero-order chi connectivity index (χ0) is 16.7. The van der Waals surface area contributed by atoms with Crippen LogP contribution in [0.5, 0.6) is 5.75 Å². The van der Waals surface area contributed by atoms with Crippen molar-refractivity contribution in [2.75, 3.05) is 18.1 Å². The van der Waals surface area contributed by atoms with Gasteiger partial charge in [0.05, 0.1) is 6.61 Å². The van der Waals surface area contributed by atoms with Gasteiger partial charge >= 0.3 is 0 Å². The number of rotatable bonds is 5. The summed E-state index contributed by atoms with van der Waals surface area (Å²) in [6.07, 6.45) is 0. The number of hydrogen-bond acceptors (Lipinski definition) is 3. The zero-order valence-electron chi connectivity index (χ0n) is 13.3. The van der Waals surface area contributed by atoms with E-state index >= 15 is 0 Å². The number of nitrogens with zero attached hydrogens (tertiary/aromatic N) is 1. The van der Waals surface area contributed by atoms with Crippen LogP contribution < -0.4 is 15.0 Å². The molecule has 2 rings (SSSR count). The number of ether oxygens (including phenoxy) is 1. The number of carbonyl (C=O) groups is 1.